The van der Waals surface area contributed by atoms with Crippen molar-refractivity contribution >= 4 is 15.9 Å². The van der Waals surface area contributed by atoms with Crippen molar-refractivity contribution in [2.24, 2.45) is 0 Å². The summed E-state index contributed by atoms with van der Waals surface area (Å²) in [6.45, 7) is 2.00. The van der Waals surface area contributed by atoms with Crippen molar-refractivity contribution in [3.8, 4) is 0 Å². The third kappa shape index (κ3) is 6.30. The third-order valence-corrected chi connectivity index (χ3v) is 7.42. The maximum absolute atomic E-state index is 13.4. The number of benzene rings is 2. The molecule has 0 unspecified atom stereocenters. The highest BCUT2D eigenvalue weighted by Gasteiger charge is 2.39. The molecule has 0 radical (unpaired) electrons. The zero-order chi connectivity index (χ0) is 23.4. The van der Waals surface area contributed by atoms with Gasteiger partial charge in [-0.25, -0.2) is 12.8 Å². The predicted octanol–water partition coefficient (Wildman–Crippen LogP) is 4.25. The number of aryl methyl sites for hydroxylation is 1. The first kappa shape index (κ1) is 23.2. The number of hydrogen-bond acceptors (Lipinski definition) is 4. The first-order valence-corrected chi connectivity index (χ1v) is 12.5. The molecule has 1 heterocycles. The Balaban J connectivity index is 1.53. The van der Waals surface area contributed by atoms with Gasteiger partial charge in [0.05, 0.1) is 18.8 Å². The highest BCUT2D eigenvalue weighted by Crippen LogP contribution is 2.31. The molecule has 2 aromatic carbocycles. The van der Waals surface area contributed by atoms with Crippen molar-refractivity contribution in [2.75, 3.05) is 6.54 Å². The van der Waals surface area contributed by atoms with Crippen molar-refractivity contribution < 1.29 is 22.0 Å². The Bertz CT molecular complexity index is 1190. The van der Waals surface area contributed by atoms with Gasteiger partial charge >= 0.3 is 0 Å². The van der Waals surface area contributed by atoms with E-state index in [-0.39, 0.29) is 43.2 Å². The number of carbonyl (C=O) groups is 1. The average molecular weight is 471 g/mol. The molecule has 1 aromatic heterocycles. The Morgan fingerprint density at radius 3 is 2.27 bits per heavy atom. The number of furan rings is 1. The van der Waals surface area contributed by atoms with Crippen molar-refractivity contribution in [2.45, 2.75) is 44.6 Å². The average Bonchev–Trinajstić information content (AvgIpc) is 3.54. The Morgan fingerprint density at radius 1 is 0.970 bits per heavy atom. The molecular formula is C25H27FN2O4S. The summed E-state index contributed by atoms with van der Waals surface area (Å²) in [6.07, 6.45) is 1.49. The Labute approximate surface area is 193 Å². The zero-order valence-corrected chi connectivity index (χ0v) is 19.3. The first-order chi connectivity index (χ1) is 15.8. The number of carbonyl (C=O) groups excluding carboxylic acids is 1. The molecule has 0 bridgehead atoms. The van der Waals surface area contributed by atoms with Crippen LogP contribution >= 0.6 is 0 Å². The summed E-state index contributed by atoms with van der Waals surface area (Å²) in [5.41, 5.74) is 1.43. The van der Waals surface area contributed by atoms with Gasteiger partial charge < -0.3 is 9.32 Å². The smallest absolute Gasteiger partial charge is 0.238 e. The Morgan fingerprint density at radius 2 is 1.67 bits per heavy atom. The minimum absolute atomic E-state index is 0.146. The zero-order valence-electron chi connectivity index (χ0n) is 18.5. The van der Waals surface area contributed by atoms with Gasteiger partial charge in [-0.15, -0.1) is 0 Å². The van der Waals surface area contributed by atoms with Crippen LogP contribution in [0.5, 0.6) is 0 Å². The topological polar surface area (TPSA) is 70.8 Å². The molecule has 3 aromatic rings. The normalized spacial score (nSPS) is 13.9. The third-order valence-electron chi connectivity index (χ3n) is 5.58. The molecule has 1 amide bonds. The number of nitrogens with zero attached hydrogens (tertiary/aromatic N) is 2. The van der Waals surface area contributed by atoms with E-state index < -0.39 is 10.0 Å². The summed E-state index contributed by atoms with van der Waals surface area (Å²) in [5.74, 6) is 0.506. The quantitative estimate of drug-likeness (QED) is 0.444. The van der Waals surface area contributed by atoms with Crippen LogP contribution in [-0.2, 0) is 33.7 Å². The fraction of sp³-hybridized carbons (Fsp3) is 0.320. The number of amides is 1. The molecule has 6 nitrogen and oxygen atoms in total. The van der Waals surface area contributed by atoms with Gasteiger partial charge in [0.15, 0.2) is 0 Å². The molecule has 0 saturated heterocycles. The SMILES string of the molecule is Cc1ccc(CN(Cc2ccc(F)cc2)C(=O)CN(C2CC2)S(=O)(=O)Cc2ccccc2)o1. The largest absolute Gasteiger partial charge is 0.464 e. The molecule has 1 saturated carbocycles. The molecule has 4 rings (SSSR count). The molecule has 1 aliphatic rings. The lowest BCUT2D eigenvalue weighted by Crippen LogP contribution is -2.43. The Hall–Kier alpha value is -2.97. The van der Waals surface area contributed by atoms with E-state index in [9.17, 15) is 17.6 Å². The molecular weight excluding hydrogens is 443 g/mol. The van der Waals surface area contributed by atoms with E-state index in [0.717, 1.165) is 24.2 Å². The summed E-state index contributed by atoms with van der Waals surface area (Å²) < 4.78 is 46.7. The number of sulfonamides is 1. The van der Waals surface area contributed by atoms with E-state index in [1.807, 2.05) is 19.1 Å². The lowest BCUT2D eigenvalue weighted by molar-refractivity contribution is -0.133. The number of rotatable bonds is 10. The van der Waals surface area contributed by atoms with Crippen LogP contribution in [0.25, 0.3) is 0 Å². The van der Waals surface area contributed by atoms with Crippen LogP contribution in [0.3, 0.4) is 0 Å². The second kappa shape index (κ2) is 9.89. The maximum atomic E-state index is 13.4. The molecule has 0 aliphatic heterocycles. The van der Waals surface area contributed by atoms with Crippen molar-refractivity contribution in [1.82, 2.24) is 9.21 Å². The standard InChI is InChI=1S/C25H27FN2O4S/c1-19-7-14-24(32-19)16-27(15-20-8-10-22(26)11-9-20)25(29)17-28(23-12-13-23)33(30,31)18-21-5-3-2-4-6-21/h2-11,14,23H,12-13,15-18H2,1H3. The van der Waals surface area contributed by atoms with Gasteiger partial charge in [0, 0.05) is 12.6 Å². The van der Waals surface area contributed by atoms with E-state index in [2.05, 4.69) is 0 Å². The van der Waals surface area contributed by atoms with E-state index in [1.54, 1.807) is 47.4 Å². The summed E-state index contributed by atoms with van der Waals surface area (Å²) in [4.78, 5) is 14.9. The predicted molar refractivity (Wildman–Crippen MR) is 123 cm³/mol. The van der Waals surface area contributed by atoms with E-state index in [4.69, 9.17) is 4.42 Å². The highest BCUT2D eigenvalue weighted by molar-refractivity contribution is 7.88. The van der Waals surface area contributed by atoms with Gasteiger partial charge in [0.2, 0.25) is 15.9 Å². The monoisotopic (exact) mass is 470 g/mol. The summed E-state index contributed by atoms with van der Waals surface area (Å²) in [6, 6.07) is 18.4. The van der Waals surface area contributed by atoms with Gasteiger partial charge in [-0.05, 0) is 55.2 Å². The second-order valence-corrected chi connectivity index (χ2v) is 10.3. The lowest BCUT2D eigenvalue weighted by Gasteiger charge is -2.27. The minimum atomic E-state index is -3.68. The van der Waals surface area contributed by atoms with Gasteiger partial charge in [0.1, 0.15) is 17.3 Å². The van der Waals surface area contributed by atoms with Crippen molar-refractivity contribution in [1.29, 1.82) is 0 Å². The fourth-order valence-corrected chi connectivity index (χ4v) is 5.47. The molecule has 0 spiro atoms. The Kier molecular flexibility index (Phi) is 6.95. The van der Waals surface area contributed by atoms with Crippen LogP contribution in [-0.4, -0.2) is 36.1 Å². The van der Waals surface area contributed by atoms with Crippen LogP contribution in [0.2, 0.25) is 0 Å². The van der Waals surface area contributed by atoms with Crippen molar-refractivity contribution in [3.63, 3.8) is 0 Å². The van der Waals surface area contributed by atoms with Gasteiger partial charge in [-0.3, -0.25) is 4.79 Å². The van der Waals surface area contributed by atoms with E-state index in [1.165, 1.54) is 16.4 Å². The number of hydrogen-bond donors (Lipinski definition) is 0. The summed E-state index contributed by atoms with van der Waals surface area (Å²) >= 11 is 0. The van der Waals surface area contributed by atoms with Crippen LogP contribution < -0.4 is 0 Å². The van der Waals surface area contributed by atoms with Crippen LogP contribution in [0, 0.1) is 12.7 Å². The second-order valence-electron chi connectivity index (χ2n) is 8.41. The summed E-state index contributed by atoms with van der Waals surface area (Å²) in [7, 11) is -3.68. The van der Waals surface area contributed by atoms with E-state index in [0.29, 0.717) is 11.3 Å². The van der Waals surface area contributed by atoms with Crippen molar-refractivity contribution in [3.05, 3.63) is 95.2 Å². The lowest BCUT2D eigenvalue weighted by atomic mass is 10.2. The van der Waals surface area contributed by atoms with E-state index >= 15 is 0 Å². The van der Waals surface area contributed by atoms with Crippen LogP contribution in [0.4, 0.5) is 4.39 Å². The van der Waals surface area contributed by atoms with Gasteiger partial charge in [0.25, 0.3) is 0 Å². The van der Waals surface area contributed by atoms with Gasteiger partial charge in [-0.1, -0.05) is 42.5 Å². The first-order valence-electron chi connectivity index (χ1n) is 10.9. The summed E-state index contributed by atoms with van der Waals surface area (Å²) in [5, 5.41) is 0. The van der Waals surface area contributed by atoms with Crippen LogP contribution in [0.1, 0.15) is 35.5 Å². The molecule has 1 fully saturated rings. The fourth-order valence-electron chi connectivity index (χ4n) is 3.72. The molecule has 174 valence electrons. The molecule has 0 atom stereocenters. The maximum Gasteiger partial charge on any atom is 0.238 e. The van der Waals surface area contributed by atoms with Crippen LogP contribution in [0.15, 0.2) is 71.1 Å². The van der Waals surface area contributed by atoms with Gasteiger partial charge in [-0.2, -0.15) is 4.31 Å². The highest BCUT2D eigenvalue weighted by atomic mass is 32.2. The molecule has 1 aliphatic carbocycles. The molecule has 33 heavy (non-hydrogen) atoms. The molecule has 0 N–H and O–H groups in total. The number of halogens is 1. The molecule has 8 heteroatoms. The minimum Gasteiger partial charge on any atom is -0.464 e.